The van der Waals surface area contributed by atoms with Gasteiger partial charge in [-0.05, 0) is 50.3 Å². The lowest BCUT2D eigenvalue weighted by atomic mass is 10.0. The number of hydrogen-bond donors (Lipinski definition) is 1. The van der Waals surface area contributed by atoms with Gasteiger partial charge in [0.05, 0.1) is 12.7 Å². The molecule has 0 amide bonds. The number of halogens is 1. The van der Waals surface area contributed by atoms with Crippen LogP contribution in [0.4, 0.5) is 0 Å². The van der Waals surface area contributed by atoms with Crippen LogP contribution in [0.1, 0.15) is 50.2 Å². The zero-order chi connectivity index (χ0) is 20.8. The van der Waals surface area contributed by atoms with E-state index in [-0.39, 0.29) is 36.2 Å². The first-order valence-electron chi connectivity index (χ1n) is 11.7. The summed E-state index contributed by atoms with van der Waals surface area (Å²) >= 11 is 0. The van der Waals surface area contributed by atoms with Crippen molar-refractivity contribution in [3.63, 3.8) is 0 Å². The molecule has 3 fully saturated rings. The quantitative estimate of drug-likeness (QED) is 0.350. The van der Waals surface area contributed by atoms with Crippen LogP contribution >= 0.6 is 24.0 Å². The van der Waals surface area contributed by atoms with Crippen molar-refractivity contribution in [3.05, 3.63) is 35.4 Å². The van der Waals surface area contributed by atoms with Crippen molar-refractivity contribution in [2.75, 3.05) is 39.9 Å². The van der Waals surface area contributed by atoms with E-state index < -0.39 is 0 Å². The molecule has 0 bridgehead atoms. The van der Waals surface area contributed by atoms with Crippen LogP contribution in [0.25, 0.3) is 0 Å². The van der Waals surface area contributed by atoms with Crippen LogP contribution in [0.5, 0.6) is 0 Å². The predicted octanol–water partition coefficient (Wildman–Crippen LogP) is 3.63. The first-order valence-corrected chi connectivity index (χ1v) is 11.7. The molecule has 0 spiro atoms. The minimum atomic E-state index is 0. The Balaban J connectivity index is 0.00000272. The van der Waals surface area contributed by atoms with Crippen LogP contribution in [-0.4, -0.2) is 73.9 Å². The number of morpholine rings is 1. The van der Waals surface area contributed by atoms with Crippen LogP contribution in [0.15, 0.2) is 29.3 Å². The molecule has 6 nitrogen and oxygen atoms in total. The number of benzene rings is 1. The monoisotopic (exact) mass is 542 g/mol. The van der Waals surface area contributed by atoms with Crippen LogP contribution < -0.4 is 5.32 Å². The van der Waals surface area contributed by atoms with Crippen molar-refractivity contribution in [3.8, 4) is 0 Å². The van der Waals surface area contributed by atoms with Crippen molar-refractivity contribution in [1.82, 2.24) is 15.1 Å². The Labute approximate surface area is 204 Å². The van der Waals surface area contributed by atoms with Crippen LogP contribution in [-0.2, 0) is 22.6 Å². The van der Waals surface area contributed by atoms with Crippen molar-refractivity contribution < 1.29 is 9.47 Å². The summed E-state index contributed by atoms with van der Waals surface area (Å²) in [6, 6.07) is 9.76. The molecule has 0 radical (unpaired) electrons. The number of nitrogens with one attached hydrogen (secondary N) is 1. The van der Waals surface area contributed by atoms with Gasteiger partial charge in [-0.3, -0.25) is 9.89 Å². The van der Waals surface area contributed by atoms with E-state index in [9.17, 15) is 0 Å². The predicted molar refractivity (Wildman–Crippen MR) is 136 cm³/mol. The maximum absolute atomic E-state index is 5.98. The maximum atomic E-state index is 5.98. The number of piperidine rings is 1. The van der Waals surface area contributed by atoms with Gasteiger partial charge in [-0.1, -0.05) is 30.7 Å². The summed E-state index contributed by atoms with van der Waals surface area (Å²) in [7, 11) is 1.86. The van der Waals surface area contributed by atoms with E-state index in [1.54, 1.807) is 0 Å². The molecule has 3 saturated heterocycles. The highest BCUT2D eigenvalue weighted by atomic mass is 127. The Hall–Kier alpha value is -0.900. The molecule has 1 aromatic rings. The zero-order valence-electron chi connectivity index (χ0n) is 19.1. The van der Waals surface area contributed by atoms with E-state index in [1.165, 1.54) is 36.9 Å². The van der Waals surface area contributed by atoms with Gasteiger partial charge in [-0.15, -0.1) is 24.0 Å². The van der Waals surface area contributed by atoms with Gasteiger partial charge in [0.15, 0.2) is 5.96 Å². The lowest BCUT2D eigenvalue weighted by Gasteiger charge is -2.37. The topological polar surface area (TPSA) is 49.3 Å². The van der Waals surface area contributed by atoms with E-state index >= 15 is 0 Å². The maximum Gasteiger partial charge on any atom is 0.194 e. The first-order chi connectivity index (χ1) is 14.7. The fraction of sp³-hybridized carbons (Fsp3) is 0.708. The highest BCUT2D eigenvalue weighted by Gasteiger charge is 2.32. The second-order valence-corrected chi connectivity index (χ2v) is 8.94. The zero-order valence-corrected chi connectivity index (χ0v) is 21.4. The molecule has 3 aliphatic rings. The van der Waals surface area contributed by atoms with E-state index in [4.69, 9.17) is 9.47 Å². The number of nitrogens with zero attached hydrogens (tertiary/aromatic N) is 3. The molecule has 3 heterocycles. The Kier molecular flexibility index (Phi) is 9.87. The molecule has 31 heavy (non-hydrogen) atoms. The van der Waals surface area contributed by atoms with E-state index in [0.717, 1.165) is 58.2 Å². The largest absolute Gasteiger partial charge is 0.375 e. The Morgan fingerprint density at radius 3 is 2.48 bits per heavy atom. The molecule has 0 saturated carbocycles. The van der Waals surface area contributed by atoms with E-state index in [1.807, 2.05) is 7.05 Å². The second kappa shape index (κ2) is 12.4. The summed E-state index contributed by atoms with van der Waals surface area (Å²) in [6.45, 7) is 8.75. The van der Waals surface area contributed by atoms with Gasteiger partial charge in [-0.25, -0.2) is 0 Å². The summed E-state index contributed by atoms with van der Waals surface area (Å²) < 4.78 is 11.8. The number of hydrogen-bond acceptors (Lipinski definition) is 4. The minimum absolute atomic E-state index is 0. The first kappa shape index (κ1) is 24.7. The molecule has 7 heteroatoms. The lowest BCUT2D eigenvalue weighted by molar-refractivity contribution is -0.0817. The molecule has 3 unspecified atom stereocenters. The van der Waals surface area contributed by atoms with E-state index in [2.05, 4.69) is 51.3 Å². The van der Waals surface area contributed by atoms with Gasteiger partial charge in [0, 0.05) is 45.9 Å². The van der Waals surface area contributed by atoms with Gasteiger partial charge < -0.3 is 19.7 Å². The van der Waals surface area contributed by atoms with Crippen LogP contribution in [0.3, 0.4) is 0 Å². The molecule has 3 atom stereocenters. The number of ether oxygens (including phenoxy) is 2. The third kappa shape index (κ3) is 6.79. The molecular weight excluding hydrogens is 503 g/mol. The fourth-order valence-corrected chi connectivity index (χ4v) is 4.89. The van der Waals surface area contributed by atoms with Gasteiger partial charge in [0.25, 0.3) is 0 Å². The van der Waals surface area contributed by atoms with Gasteiger partial charge >= 0.3 is 0 Å². The molecular formula is C24H39IN4O2. The van der Waals surface area contributed by atoms with Crippen molar-refractivity contribution in [2.24, 2.45) is 4.99 Å². The normalized spacial score (nSPS) is 27.7. The number of guanidine groups is 1. The van der Waals surface area contributed by atoms with Gasteiger partial charge in [0.1, 0.15) is 6.10 Å². The van der Waals surface area contributed by atoms with Crippen LogP contribution in [0.2, 0.25) is 0 Å². The summed E-state index contributed by atoms with van der Waals surface area (Å²) in [5, 5.41) is 3.54. The summed E-state index contributed by atoms with van der Waals surface area (Å²) in [5.41, 5.74) is 2.69. The highest BCUT2D eigenvalue weighted by Crippen LogP contribution is 2.21. The Morgan fingerprint density at radius 2 is 1.77 bits per heavy atom. The SMILES string of the molecule is CN=C(NCc1ccc(CN2CCCCC2C)cc1)N1CCOC(C2CCCO2)C1.I. The Bertz CT molecular complexity index is 693. The van der Waals surface area contributed by atoms with Crippen molar-refractivity contribution >= 4 is 29.9 Å². The number of aliphatic imine (C=N–C) groups is 1. The standard InChI is InChI=1S/C24H38N4O2.HI/c1-19-6-3-4-12-27(19)17-21-10-8-20(9-11-21)16-26-24(25-2)28-13-15-30-23(18-28)22-7-5-14-29-22;/h8-11,19,22-23H,3-7,12-18H2,1-2H3,(H,25,26);1H. The summed E-state index contributed by atoms with van der Waals surface area (Å²) in [5.74, 6) is 0.951. The number of likely N-dealkylation sites (tertiary alicyclic amines) is 1. The summed E-state index contributed by atoms with van der Waals surface area (Å²) in [4.78, 5) is 9.44. The van der Waals surface area contributed by atoms with E-state index in [0.29, 0.717) is 6.04 Å². The molecule has 174 valence electrons. The Morgan fingerprint density at radius 1 is 1.00 bits per heavy atom. The molecule has 1 N–H and O–H groups in total. The fourth-order valence-electron chi connectivity index (χ4n) is 4.89. The third-order valence-corrected chi connectivity index (χ3v) is 6.78. The van der Waals surface area contributed by atoms with Gasteiger partial charge in [-0.2, -0.15) is 0 Å². The smallest absolute Gasteiger partial charge is 0.194 e. The highest BCUT2D eigenvalue weighted by molar-refractivity contribution is 14.0. The van der Waals surface area contributed by atoms with Crippen molar-refractivity contribution in [1.29, 1.82) is 0 Å². The van der Waals surface area contributed by atoms with Gasteiger partial charge in [0.2, 0.25) is 0 Å². The minimum Gasteiger partial charge on any atom is -0.375 e. The molecule has 0 aromatic heterocycles. The second-order valence-electron chi connectivity index (χ2n) is 8.94. The average molecular weight is 543 g/mol. The third-order valence-electron chi connectivity index (χ3n) is 6.78. The lowest BCUT2D eigenvalue weighted by Crippen LogP contribution is -2.53. The molecule has 4 rings (SSSR count). The van der Waals surface area contributed by atoms with Crippen molar-refractivity contribution in [2.45, 2.75) is 70.4 Å². The molecule has 1 aromatic carbocycles. The average Bonchev–Trinajstić information content (AvgIpc) is 3.32. The molecule has 3 aliphatic heterocycles. The number of rotatable bonds is 5. The van der Waals surface area contributed by atoms with Crippen LogP contribution in [0, 0.1) is 0 Å². The summed E-state index contributed by atoms with van der Waals surface area (Å²) in [6.07, 6.45) is 6.67. The molecule has 0 aliphatic carbocycles.